The molecule has 0 bridgehead atoms. The van der Waals surface area contributed by atoms with Gasteiger partial charge in [0.05, 0.1) is 29.6 Å². The number of nitriles is 2. The van der Waals surface area contributed by atoms with E-state index in [1.54, 1.807) is 54.7 Å². The van der Waals surface area contributed by atoms with Gasteiger partial charge in [-0.15, -0.1) is 0 Å². The van der Waals surface area contributed by atoms with Crippen molar-refractivity contribution >= 4 is 34.9 Å². The van der Waals surface area contributed by atoms with E-state index in [0.717, 1.165) is 28.1 Å². The molecule has 4 rings (SSSR count). The Bertz CT molecular complexity index is 1510. The Hall–Kier alpha value is -5.21. The van der Waals surface area contributed by atoms with E-state index in [9.17, 15) is 4.39 Å². The van der Waals surface area contributed by atoms with Crippen LogP contribution in [-0.4, -0.2) is 9.97 Å². The predicted molar refractivity (Wildman–Crippen MR) is 144 cm³/mol. The molecule has 182 valence electrons. The van der Waals surface area contributed by atoms with E-state index in [2.05, 4.69) is 32.0 Å². The molecule has 8 heteroatoms. The average Bonchev–Trinajstić information content (AvgIpc) is 2.90. The molecule has 0 aliphatic rings. The topological polar surface area (TPSA) is 109 Å². The summed E-state index contributed by atoms with van der Waals surface area (Å²) in [5.41, 5.74) is 6.14. The minimum Gasteiger partial charge on any atom is -0.377 e. The van der Waals surface area contributed by atoms with Gasteiger partial charge in [0.15, 0.2) is 5.82 Å². The van der Waals surface area contributed by atoms with Crippen LogP contribution in [0.4, 0.5) is 33.2 Å². The summed E-state index contributed by atoms with van der Waals surface area (Å²) in [6, 6.07) is 21.6. The van der Waals surface area contributed by atoms with Crippen molar-refractivity contribution in [3.63, 3.8) is 0 Å². The van der Waals surface area contributed by atoms with Crippen molar-refractivity contribution in [1.82, 2.24) is 9.97 Å². The summed E-state index contributed by atoms with van der Waals surface area (Å²) in [5, 5.41) is 27.7. The fraction of sp³-hybridized carbons (Fsp3) is 0.103. The molecule has 37 heavy (non-hydrogen) atoms. The van der Waals surface area contributed by atoms with Crippen LogP contribution in [0, 0.1) is 42.3 Å². The summed E-state index contributed by atoms with van der Waals surface area (Å²) in [4.78, 5) is 9.11. The van der Waals surface area contributed by atoms with E-state index >= 15 is 0 Å². The van der Waals surface area contributed by atoms with Crippen molar-refractivity contribution in [2.45, 2.75) is 20.4 Å². The largest absolute Gasteiger partial charge is 0.377 e. The van der Waals surface area contributed by atoms with Crippen molar-refractivity contribution in [2.24, 2.45) is 0 Å². The molecule has 1 aromatic heterocycles. The highest BCUT2D eigenvalue weighted by Gasteiger charge is 2.13. The van der Waals surface area contributed by atoms with E-state index < -0.39 is 0 Å². The first-order valence-corrected chi connectivity index (χ1v) is 11.5. The van der Waals surface area contributed by atoms with Crippen molar-refractivity contribution in [1.29, 1.82) is 10.5 Å². The van der Waals surface area contributed by atoms with Crippen LogP contribution in [0.25, 0.3) is 6.08 Å². The lowest BCUT2D eigenvalue weighted by Gasteiger charge is -2.18. The summed E-state index contributed by atoms with van der Waals surface area (Å²) < 4.78 is 14.2. The minimum atomic E-state index is -0.294. The van der Waals surface area contributed by atoms with Crippen LogP contribution in [0.5, 0.6) is 0 Å². The van der Waals surface area contributed by atoms with Gasteiger partial charge in [0.2, 0.25) is 5.95 Å². The van der Waals surface area contributed by atoms with Gasteiger partial charge >= 0.3 is 0 Å². The number of hydrogen-bond acceptors (Lipinski definition) is 7. The zero-order valence-electron chi connectivity index (χ0n) is 20.4. The molecule has 0 saturated carbocycles. The number of aromatic nitrogens is 2. The lowest BCUT2D eigenvalue weighted by molar-refractivity contribution is 0.613. The molecule has 0 saturated heterocycles. The number of halogens is 1. The molecule has 0 fully saturated rings. The average molecular weight is 490 g/mol. The summed E-state index contributed by atoms with van der Waals surface area (Å²) in [5.74, 6) is 0.568. The maximum Gasteiger partial charge on any atom is 0.229 e. The van der Waals surface area contributed by atoms with Crippen LogP contribution < -0.4 is 16.0 Å². The summed E-state index contributed by atoms with van der Waals surface area (Å²) in [7, 11) is 0. The maximum atomic E-state index is 14.2. The molecule has 0 aliphatic heterocycles. The van der Waals surface area contributed by atoms with E-state index in [-0.39, 0.29) is 12.4 Å². The van der Waals surface area contributed by atoms with Crippen LogP contribution >= 0.6 is 0 Å². The normalized spacial score (nSPS) is 10.5. The molecule has 0 unspecified atom stereocenters. The van der Waals surface area contributed by atoms with E-state index in [0.29, 0.717) is 28.6 Å². The van der Waals surface area contributed by atoms with Crippen molar-refractivity contribution in [3.8, 4) is 12.1 Å². The van der Waals surface area contributed by atoms with E-state index in [1.807, 2.05) is 32.0 Å². The highest BCUT2D eigenvalue weighted by molar-refractivity contribution is 5.76. The van der Waals surface area contributed by atoms with E-state index in [4.69, 9.17) is 10.5 Å². The van der Waals surface area contributed by atoms with Gasteiger partial charge in [-0.3, -0.25) is 0 Å². The van der Waals surface area contributed by atoms with Crippen LogP contribution in [0.3, 0.4) is 0 Å². The maximum absolute atomic E-state index is 14.2. The Morgan fingerprint density at radius 2 is 1.70 bits per heavy atom. The Kier molecular flexibility index (Phi) is 7.72. The first kappa shape index (κ1) is 24.9. The highest BCUT2D eigenvalue weighted by atomic mass is 19.1. The van der Waals surface area contributed by atoms with Crippen molar-refractivity contribution < 1.29 is 4.39 Å². The van der Waals surface area contributed by atoms with Gasteiger partial charge in [-0.2, -0.15) is 15.5 Å². The van der Waals surface area contributed by atoms with Gasteiger partial charge in [0, 0.05) is 29.6 Å². The fourth-order valence-corrected chi connectivity index (χ4v) is 3.80. The Balaban J connectivity index is 1.66. The third-order valence-electron chi connectivity index (χ3n) is 5.63. The number of benzene rings is 3. The van der Waals surface area contributed by atoms with Gasteiger partial charge in [0.1, 0.15) is 5.82 Å². The molecule has 3 aromatic carbocycles. The van der Waals surface area contributed by atoms with E-state index in [1.165, 1.54) is 12.1 Å². The number of hydrogen-bond donors (Lipinski definition) is 3. The third-order valence-corrected chi connectivity index (χ3v) is 5.63. The van der Waals surface area contributed by atoms with Crippen molar-refractivity contribution in [3.05, 3.63) is 107 Å². The lowest BCUT2D eigenvalue weighted by atomic mass is 10.0. The molecule has 7 nitrogen and oxygen atoms in total. The highest BCUT2D eigenvalue weighted by Crippen LogP contribution is 2.30. The van der Waals surface area contributed by atoms with Crippen molar-refractivity contribution in [2.75, 3.05) is 16.0 Å². The van der Waals surface area contributed by atoms with Crippen LogP contribution in [0.1, 0.15) is 27.8 Å². The molecule has 3 N–H and O–H groups in total. The molecular weight excluding hydrogens is 465 g/mol. The van der Waals surface area contributed by atoms with Gasteiger partial charge in [0.25, 0.3) is 0 Å². The first-order valence-electron chi connectivity index (χ1n) is 11.5. The third kappa shape index (κ3) is 6.27. The fourth-order valence-electron chi connectivity index (χ4n) is 3.80. The van der Waals surface area contributed by atoms with Crippen LogP contribution in [0.2, 0.25) is 0 Å². The second kappa shape index (κ2) is 11.5. The zero-order chi connectivity index (χ0) is 26.2. The standard InChI is InChI=1S/C29H24FN7/c1-19-14-22(6-5-13-31)15-20(2)27(19)36-28-26(33-17-23-7-3-4-8-25(23)30)18-34-29(37-28)35-24-11-9-21(16-32)10-12-24/h3-12,14-15,18,33H,17H2,1-2H3,(H2,34,35,36,37)/b6-5+. The second-order valence-electron chi connectivity index (χ2n) is 8.33. The first-order chi connectivity index (χ1) is 18.0. The van der Waals surface area contributed by atoms with Gasteiger partial charge < -0.3 is 16.0 Å². The molecular formula is C29H24FN7. The molecule has 0 radical (unpaired) electrons. The number of allylic oxidation sites excluding steroid dienone is 1. The Morgan fingerprint density at radius 3 is 2.38 bits per heavy atom. The number of nitrogens with one attached hydrogen (secondary N) is 3. The molecule has 0 aliphatic carbocycles. The van der Waals surface area contributed by atoms with Crippen LogP contribution in [-0.2, 0) is 6.54 Å². The summed E-state index contributed by atoms with van der Waals surface area (Å²) in [6.07, 6.45) is 4.84. The van der Waals surface area contributed by atoms with Gasteiger partial charge in [-0.25, -0.2) is 9.37 Å². The Labute approximate surface area is 215 Å². The second-order valence-corrected chi connectivity index (χ2v) is 8.33. The summed E-state index contributed by atoms with van der Waals surface area (Å²) >= 11 is 0. The molecule has 0 atom stereocenters. The number of anilines is 5. The summed E-state index contributed by atoms with van der Waals surface area (Å²) in [6.45, 7) is 4.20. The quantitative estimate of drug-likeness (QED) is 0.235. The molecule has 4 aromatic rings. The van der Waals surface area contributed by atoms with Gasteiger partial charge in [-0.05, 0) is 79.1 Å². The number of rotatable bonds is 8. The molecule has 0 spiro atoms. The molecule has 1 heterocycles. The predicted octanol–water partition coefficient (Wildman–Crippen LogP) is 6.74. The van der Waals surface area contributed by atoms with Crippen LogP contribution in [0.15, 0.2) is 72.9 Å². The molecule has 0 amide bonds. The lowest BCUT2D eigenvalue weighted by Crippen LogP contribution is -2.09. The smallest absolute Gasteiger partial charge is 0.229 e. The number of nitrogens with zero attached hydrogens (tertiary/aromatic N) is 4. The number of aryl methyl sites for hydroxylation is 2. The monoisotopic (exact) mass is 489 g/mol. The van der Waals surface area contributed by atoms with Gasteiger partial charge in [-0.1, -0.05) is 18.2 Å². The Morgan fingerprint density at radius 1 is 0.973 bits per heavy atom. The SMILES string of the molecule is Cc1cc(/C=C/C#N)cc(C)c1Nc1nc(Nc2ccc(C#N)cc2)ncc1NCc1ccccc1F. The zero-order valence-corrected chi connectivity index (χ0v) is 20.4. The minimum absolute atomic E-state index is 0.253.